The third kappa shape index (κ3) is 5.73. The molecule has 0 aliphatic rings. The zero-order valence-electron chi connectivity index (χ0n) is 22.3. The van der Waals surface area contributed by atoms with Gasteiger partial charge in [0.15, 0.2) is 5.82 Å². The number of fused-ring (bicyclic) bond motifs is 1. The summed E-state index contributed by atoms with van der Waals surface area (Å²) in [5.74, 6) is 0.813. The summed E-state index contributed by atoms with van der Waals surface area (Å²) in [6.07, 6.45) is 1.68. The molecule has 38 heavy (non-hydrogen) atoms. The van der Waals surface area contributed by atoms with Crippen molar-refractivity contribution in [1.29, 1.82) is 0 Å². The average Bonchev–Trinajstić information content (AvgIpc) is 3.37. The van der Waals surface area contributed by atoms with Crippen molar-refractivity contribution >= 4 is 10.9 Å². The predicted molar refractivity (Wildman–Crippen MR) is 151 cm³/mol. The van der Waals surface area contributed by atoms with Crippen molar-refractivity contribution < 1.29 is 0 Å². The van der Waals surface area contributed by atoms with E-state index in [4.69, 9.17) is 0 Å². The van der Waals surface area contributed by atoms with Crippen LogP contribution in [-0.2, 0) is 19.5 Å². The first kappa shape index (κ1) is 25.5. The van der Waals surface area contributed by atoms with Crippen LogP contribution in [0.15, 0.2) is 83.7 Å². The van der Waals surface area contributed by atoms with Gasteiger partial charge in [0, 0.05) is 29.6 Å². The highest BCUT2D eigenvalue weighted by Crippen LogP contribution is 2.26. The monoisotopic (exact) mass is 506 g/mol. The standard InChI is InChI=1S/C31H34N6O/c1-4-29(30-33-34-35-37(30)20-25-13-9-6-10-14-25)36(16-15-24-11-7-5-8-12-24)21-26-19-27-23(3)17-22(2)18-28(27)32-31(26)38/h5-14,17-19,29H,4,15-16,20-21H2,1-3H3,(H,32,38). The van der Waals surface area contributed by atoms with Crippen LogP contribution in [0.5, 0.6) is 0 Å². The molecule has 3 aromatic carbocycles. The Hall–Kier alpha value is -4.10. The van der Waals surface area contributed by atoms with Gasteiger partial charge in [-0.1, -0.05) is 73.7 Å². The van der Waals surface area contributed by atoms with Gasteiger partial charge in [-0.05, 0) is 71.5 Å². The van der Waals surface area contributed by atoms with Crippen LogP contribution in [0.2, 0.25) is 0 Å². The summed E-state index contributed by atoms with van der Waals surface area (Å²) in [6, 6.07) is 26.9. The van der Waals surface area contributed by atoms with Crippen LogP contribution >= 0.6 is 0 Å². The topological polar surface area (TPSA) is 79.7 Å². The van der Waals surface area contributed by atoms with Gasteiger partial charge in [-0.2, -0.15) is 0 Å². The van der Waals surface area contributed by atoms with Gasteiger partial charge in [-0.25, -0.2) is 4.68 Å². The molecule has 7 heteroatoms. The second kappa shape index (κ2) is 11.5. The minimum atomic E-state index is -0.0501. The van der Waals surface area contributed by atoms with E-state index in [1.165, 1.54) is 5.56 Å². The highest BCUT2D eigenvalue weighted by molar-refractivity contribution is 5.83. The summed E-state index contributed by atoms with van der Waals surface area (Å²) in [7, 11) is 0. The highest BCUT2D eigenvalue weighted by atomic mass is 16.1. The first-order chi connectivity index (χ1) is 18.5. The molecule has 0 aliphatic heterocycles. The lowest BCUT2D eigenvalue weighted by atomic mass is 10.0. The first-order valence-electron chi connectivity index (χ1n) is 13.2. The second-order valence-corrected chi connectivity index (χ2v) is 9.98. The summed E-state index contributed by atoms with van der Waals surface area (Å²) in [5.41, 5.74) is 6.28. The molecular weight excluding hydrogens is 472 g/mol. The third-order valence-electron chi connectivity index (χ3n) is 7.15. The fourth-order valence-electron chi connectivity index (χ4n) is 5.24. The van der Waals surface area contributed by atoms with E-state index < -0.39 is 0 Å². The second-order valence-electron chi connectivity index (χ2n) is 9.98. The molecule has 0 saturated heterocycles. The number of rotatable bonds is 10. The molecule has 2 aromatic heterocycles. The Balaban J connectivity index is 1.50. The number of hydrogen-bond donors (Lipinski definition) is 1. The molecule has 1 atom stereocenters. The Kier molecular flexibility index (Phi) is 7.75. The molecule has 5 aromatic rings. The van der Waals surface area contributed by atoms with Gasteiger partial charge < -0.3 is 4.98 Å². The Labute approximate surface area is 223 Å². The highest BCUT2D eigenvalue weighted by Gasteiger charge is 2.26. The normalized spacial score (nSPS) is 12.3. The first-order valence-corrected chi connectivity index (χ1v) is 13.2. The SMILES string of the molecule is CCC(c1nnnn1Cc1ccccc1)N(CCc1ccccc1)Cc1cc2c(C)cc(C)cc2[nH]c1=O. The van der Waals surface area contributed by atoms with Crippen molar-refractivity contribution in [3.63, 3.8) is 0 Å². The average molecular weight is 507 g/mol. The van der Waals surface area contributed by atoms with Gasteiger partial charge in [0.1, 0.15) is 0 Å². The third-order valence-corrected chi connectivity index (χ3v) is 7.15. The smallest absolute Gasteiger partial charge is 0.252 e. The van der Waals surface area contributed by atoms with E-state index in [2.05, 4.69) is 94.7 Å². The van der Waals surface area contributed by atoms with E-state index in [1.807, 2.05) is 35.0 Å². The fraction of sp³-hybridized carbons (Fsp3) is 0.290. The number of aryl methyl sites for hydroxylation is 2. The number of pyridine rings is 1. The van der Waals surface area contributed by atoms with Gasteiger partial charge in [0.25, 0.3) is 5.56 Å². The minimum absolute atomic E-state index is 0.0494. The van der Waals surface area contributed by atoms with Crippen molar-refractivity contribution in [3.05, 3.63) is 123 Å². The number of aromatic amines is 1. The fourth-order valence-corrected chi connectivity index (χ4v) is 5.24. The Bertz CT molecular complexity index is 1560. The zero-order chi connectivity index (χ0) is 26.5. The van der Waals surface area contributed by atoms with E-state index >= 15 is 0 Å². The van der Waals surface area contributed by atoms with E-state index in [1.54, 1.807) is 0 Å². The lowest BCUT2D eigenvalue weighted by molar-refractivity contribution is 0.172. The number of nitrogens with one attached hydrogen (secondary N) is 1. The number of benzene rings is 3. The zero-order valence-corrected chi connectivity index (χ0v) is 22.3. The summed E-state index contributed by atoms with van der Waals surface area (Å²) >= 11 is 0. The summed E-state index contributed by atoms with van der Waals surface area (Å²) in [6.45, 7) is 8.17. The van der Waals surface area contributed by atoms with E-state index in [0.29, 0.717) is 13.1 Å². The number of tetrazole rings is 1. The Morgan fingerprint density at radius 2 is 1.66 bits per heavy atom. The van der Waals surface area contributed by atoms with Crippen molar-refractivity contribution in [2.45, 2.75) is 52.7 Å². The molecular formula is C31H34N6O. The lowest BCUT2D eigenvalue weighted by Crippen LogP contribution is -2.34. The molecule has 0 spiro atoms. The van der Waals surface area contributed by atoms with Gasteiger partial charge >= 0.3 is 0 Å². The quantitative estimate of drug-likeness (QED) is 0.275. The molecule has 194 valence electrons. The van der Waals surface area contributed by atoms with Gasteiger partial charge in [-0.3, -0.25) is 9.69 Å². The minimum Gasteiger partial charge on any atom is -0.322 e. The molecule has 7 nitrogen and oxygen atoms in total. The van der Waals surface area contributed by atoms with Crippen LogP contribution in [0.4, 0.5) is 0 Å². The van der Waals surface area contributed by atoms with E-state index in [0.717, 1.165) is 58.4 Å². The van der Waals surface area contributed by atoms with Crippen molar-refractivity contribution in [3.8, 4) is 0 Å². The molecule has 1 N–H and O–H groups in total. The summed E-state index contributed by atoms with van der Waals surface area (Å²) in [4.78, 5) is 18.7. The summed E-state index contributed by atoms with van der Waals surface area (Å²) < 4.78 is 1.89. The number of nitrogens with zero attached hydrogens (tertiary/aromatic N) is 5. The Morgan fingerprint density at radius 1 is 0.947 bits per heavy atom. The molecule has 0 saturated carbocycles. The van der Waals surface area contributed by atoms with Crippen LogP contribution in [0, 0.1) is 13.8 Å². The van der Waals surface area contributed by atoms with Crippen LogP contribution < -0.4 is 5.56 Å². The van der Waals surface area contributed by atoms with Crippen LogP contribution in [-0.4, -0.2) is 36.6 Å². The van der Waals surface area contributed by atoms with Crippen LogP contribution in [0.25, 0.3) is 10.9 Å². The van der Waals surface area contributed by atoms with Gasteiger partial charge in [-0.15, -0.1) is 5.10 Å². The largest absolute Gasteiger partial charge is 0.322 e. The molecule has 1 unspecified atom stereocenters. The maximum atomic E-state index is 13.2. The molecule has 2 heterocycles. The number of hydrogen-bond acceptors (Lipinski definition) is 5. The predicted octanol–water partition coefficient (Wildman–Crippen LogP) is 5.38. The van der Waals surface area contributed by atoms with E-state index in [-0.39, 0.29) is 11.6 Å². The maximum absolute atomic E-state index is 13.2. The van der Waals surface area contributed by atoms with Crippen LogP contribution in [0.3, 0.4) is 0 Å². The number of aromatic nitrogens is 5. The summed E-state index contributed by atoms with van der Waals surface area (Å²) in [5, 5.41) is 13.9. The number of H-pyrrole nitrogens is 1. The van der Waals surface area contributed by atoms with Crippen molar-refractivity contribution in [2.24, 2.45) is 0 Å². The lowest BCUT2D eigenvalue weighted by Gasteiger charge is -2.30. The van der Waals surface area contributed by atoms with E-state index in [9.17, 15) is 4.79 Å². The molecule has 0 bridgehead atoms. The van der Waals surface area contributed by atoms with Crippen LogP contribution in [0.1, 0.15) is 53.0 Å². The Morgan fingerprint density at radius 3 is 2.37 bits per heavy atom. The van der Waals surface area contributed by atoms with Gasteiger partial charge in [0.2, 0.25) is 0 Å². The molecule has 0 aliphatic carbocycles. The molecule has 0 amide bonds. The van der Waals surface area contributed by atoms with Gasteiger partial charge in [0.05, 0.1) is 12.6 Å². The maximum Gasteiger partial charge on any atom is 0.252 e. The molecule has 0 radical (unpaired) electrons. The van der Waals surface area contributed by atoms with Crippen molar-refractivity contribution in [1.82, 2.24) is 30.1 Å². The van der Waals surface area contributed by atoms with Crippen molar-refractivity contribution in [2.75, 3.05) is 6.54 Å². The molecule has 0 fully saturated rings. The molecule has 5 rings (SSSR count).